The molecule has 0 N–H and O–H groups in total. The minimum absolute atomic E-state index is 0.255. The van der Waals surface area contributed by atoms with E-state index in [0.29, 0.717) is 18.4 Å². The van der Waals surface area contributed by atoms with Gasteiger partial charge in [0.15, 0.2) is 0 Å². The second-order valence-corrected chi connectivity index (χ2v) is 8.64. The van der Waals surface area contributed by atoms with Gasteiger partial charge < -0.3 is 9.40 Å². The van der Waals surface area contributed by atoms with Gasteiger partial charge in [-0.1, -0.05) is 30.4 Å². The highest BCUT2D eigenvalue weighted by molar-refractivity contribution is 5.83. The summed E-state index contributed by atoms with van der Waals surface area (Å²) in [5.41, 5.74) is 2.73. The maximum Gasteiger partial charge on any atom is 0.249 e. The molecule has 7 nitrogen and oxygen atoms in total. The van der Waals surface area contributed by atoms with Crippen LogP contribution in [0.25, 0.3) is 16.6 Å². The molecule has 0 aliphatic carbocycles. The Morgan fingerprint density at radius 2 is 1.91 bits per heavy atom. The fourth-order valence-electron chi connectivity index (χ4n) is 3.98. The third-order valence-corrected chi connectivity index (χ3v) is 5.94. The molecule has 1 aromatic carbocycles. The highest BCUT2D eigenvalue weighted by Crippen LogP contribution is 2.31. The third-order valence-electron chi connectivity index (χ3n) is 5.94. The molecule has 1 saturated heterocycles. The van der Waals surface area contributed by atoms with Gasteiger partial charge in [0.25, 0.3) is 0 Å². The molecule has 172 valence electrons. The van der Waals surface area contributed by atoms with Crippen LogP contribution in [-0.2, 0) is 5.54 Å². The topological polar surface area (TPSA) is 59.3 Å². The van der Waals surface area contributed by atoms with Crippen LogP contribution in [0.5, 0.6) is 5.88 Å². The Labute approximate surface area is 195 Å². The summed E-state index contributed by atoms with van der Waals surface area (Å²) in [6.45, 7) is 12.7. The van der Waals surface area contributed by atoms with Crippen molar-refractivity contribution >= 4 is 16.6 Å². The van der Waals surface area contributed by atoms with Crippen LogP contribution in [0, 0.1) is 6.92 Å². The zero-order valence-corrected chi connectivity index (χ0v) is 20.1. The van der Waals surface area contributed by atoms with Crippen LogP contribution in [0.2, 0.25) is 0 Å². The lowest BCUT2D eigenvalue weighted by Crippen LogP contribution is -2.41. The van der Waals surface area contributed by atoms with Gasteiger partial charge in [-0.25, -0.2) is 9.97 Å². The maximum absolute atomic E-state index is 6.24. The minimum Gasteiger partial charge on any atom is -0.384 e. The molecule has 0 radical (unpaired) electrons. The Morgan fingerprint density at radius 1 is 1.09 bits per heavy atom. The Bertz CT molecular complexity index is 1210. The monoisotopic (exact) mass is 444 g/mol. The second-order valence-electron chi connectivity index (χ2n) is 8.64. The summed E-state index contributed by atoms with van der Waals surface area (Å²) in [4.78, 5) is 22.4. The van der Waals surface area contributed by atoms with Crippen LogP contribution in [0.15, 0.2) is 67.2 Å². The normalized spacial score (nSPS) is 16.6. The standard InChI is InChI=1S/C26H32N6O/c1-6-8-12-21(11-7-2)30-17-24(27-18-30)26(4,5)31-15-16-32(19-31)33-25-22-13-9-10-14-23(22)28-20(3)29-25/h6-14,17-18H,15-16,19H2,1-5H3/b8-6-,11-7-,21-12+. The van der Waals surface area contributed by atoms with E-state index in [0.717, 1.165) is 35.4 Å². The summed E-state index contributed by atoms with van der Waals surface area (Å²) in [5, 5.41) is 2.88. The number of hydrogen-bond donors (Lipinski definition) is 0. The number of allylic oxidation sites excluding steroid dienone is 6. The predicted octanol–water partition coefficient (Wildman–Crippen LogP) is 4.93. The molecular weight excluding hydrogens is 412 g/mol. The van der Waals surface area contributed by atoms with E-state index in [1.807, 2.05) is 74.7 Å². The molecule has 1 aliphatic rings. The summed E-state index contributed by atoms with van der Waals surface area (Å²) in [6, 6.07) is 7.95. The number of hydroxylamine groups is 2. The molecule has 0 unspecified atom stereocenters. The second kappa shape index (κ2) is 9.68. The van der Waals surface area contributed by atoms with Crippen LogP contribution >= 0.6 is 0 Å². The molecule has 33 heavy (non-hydrogen) atoms. The number of aryl methyl sites for hydroxylation is 1. The molecule has 3 heterocycles. The lowest BCUT2D eigenvalue weighted by atomic mass is 9.99. The lowest BCUT2D eigenvalue weighted by molar-refractivity contribution is -0.0622. The van der Waals surface area contributed by atoms with Crippen molar-refractivity contribution in [3.63, 3.8) is 0 Å². The first-order valence-corrected chi connectivity index (χ1v) is 11.3. The van der Waals surface area contributed by atoms with Crippen LogP contribution in [-0.4, -0.2) is 49.2 Å². The number of rotatable bonds is 7. The Balaban J connectivity index is 1.51. The molecule has 0 amide bonds. The highest BCUT2D eigenvalue weighted by Gasteiger charge is 2.36. The van der Waals surface area contributed by atoms with E-state index in [1.54, 1.807) is 0 Å². The van der Waals surface area contributed by atoms with Gasteiger partial charge in [-0.15, -0.1) is 5.06 Å². The predicted molar refractivity (Wildman–Crippen MR) is 132 cm³/mol. The van der Waals surface area contributed by atoms with Crippen LogP contribution in [0.3, 0.4) is 0 Å². The Hall–Kier alpha value is -3.29. The molecule has 1 fully saturated rings. The number of nitrogens with zero attached hydrogens (tertiary/aromatic N) is 6. The first-order chi connectivity index (χ1) is 15.9. The van der Waals surface area contributed by atoms with Crippen molar-refractivity contribution in [3.05, 3.63) is 78.7 Å². The van der Waals surface area contributed by atoms with E-state index in [1.165, 1.54) is 0 Å². The largest absolute Gasteiger partial charge is 0.384 e. The van der Waals surface area contributed by atoms with Gasteiger partial charge in [0.1, 0.15) is 5.82 Å². The smallest absolute Gasteiger partial charge is 0.249 e. The van der Waals surface area contributed by atoms with Gasteiger partial charge in [-0.3, -0.25) is 4.90 Å². The summed E-state index contributed by atoms with van der Waals surface area (Å²) in [6.07, 6.45) is 14.2. The number of hydrogen-bond acceptors (Lipinski definition) is 6. The van der Waals surface area contributed by atoms with E-state index in [4.69, 9.17) is 9.82 Å². The minimum atomic E-state index is -0.255. The van der Waals surface area contributed by atoms with E-state index in [2.05, 4.69) is 51.6 Å². The first-order valence-electron chi connectivity index (χ1n) is 11.3. The fraction of sp³-hybridized carbons (Fsp3) is 0.346. The molecular formula is C26H32N6O. The van der Waals surface area contributed by atoms with Crippen molar-refractivity contribution in [3.8, 4) is 5.88 Å². The lowest BCUT2D eigenvalue weighted by Gasteiger charge is -2.33. The van der Waals surface area contributed by atoms with Gasteiger partial charge >= 0.3 is 0 Å². The zero-order chi connectivity index (χ0) is 23.4. The van der Waals surface area contributed by atoms with E-state index >= 15 is 0 Å². The molecule has 4 rings (SSSR count). The first kappa shape index (κ1) is 22.9. The molecule has 0 atom stereocenters. The average Bonchev–Trinajstić information content (AvgIpc) is 3.47. The SMILES string of the molecule is C\C=C/C=C(\C=C/C)n1cnc(C(C)(C)N2CCN(Oc3nc(C)nc4ccccc34)C2)c1. The van der Waals surface area contributed by atoms with Crippen molar-refractivity contribution in [1.29, 1.82) is 0 Å². The molecule has 7 heteroatoms. The van der Waals surface area contributed by atoms with Crippen LogP contribution < -0.4 is 4.84 Å². The summed E-state index contributed by atoms with van der Waals surface area (Å²) in [5.74, 6) is 1.31. The summed E-state index contributed by atoms with van der Waals surface area (Å²) >= 11 is 0. The molecule has 3 aromatic rings. The van der Waals surface area contributed by atoms with E-state index in [-0.39, 0.29) is 5.54 Å². The van der Waals surface area contributed by atoms with Crippen molar-refractivity contribution in [2.45, 2.75) is 40.2 Å². The Kier molecular flexibility index (Phi) is 6.72. The van der Waals surface area contributed by atoms with Gasteiger partial charge in [0.05, 0.1) is 35.1 Å². The number of para-hydroxylation sites is 1. The maximum atomic E-state index is 6.24. The van der Waals surface area contributed by atoms with E-state index in [9.17, 15) is 0 Å². The molecule has 1 aliphatic heterocycles. The van der Waals surface area contributed by atoms with Crippen molar-refractivity contribution < 1.29 is 4.84 Å². The van der Waals surface area contributed by atoms with Gasteiger partial charge in [0.2, 0.25) is 5.88 Å². The van der Waals surface area contributed by atoms with Crippen molar-refractivity contribution in [1.82, 2.24) is 29.5 Å². The number of imidazole rings is 1. The number of benzene rings is 1. The molecule has 0 saturated carbocycles. The fourth-order valence-corrected chi connectivity index (χ4v) is 3.98. The van der Waals surface area contributed by atoms with Crippen molar-refractivity contribution in [2.24, 2.45) is 0 Å². The van der Waals surface area contributed by atoms with Gasteiger partial charge in [-0.05, 0) is 58.9 Å². The number of aromatic nitrogens is 4. The molecule has 0 bridgehead atoms. The zero-order valence-electron chi connectivity index (χ0n) is 20.1. The quantitative estimate of drug-likeness (QED) is 0.482. The van der Waals surface area contributed by atoms with Crippen LogP contribution in [0.1, 0.15) is 39.2 Å². The number of fused-ring (bicyclic) bond motifs is 1. The van der Waals surface area contributed by atoms with Crippen LogP contribution in [0.4, 0.5) is 0 Å². The van der Waals surface area contributed by atoms with E-state index < -0.39 is 0 Å². The summed E-state index contributed by atoms with van der Waals surface area (Å²) < 4.78 is 2.07. The van der Waals surface area contributed by atoms with Gasteiger partial charge in [-0.2, -0.15) is 4.98 Å². The van der Waals surface area contributed by atoms with Crippen molar-refractivity contribution in [2.75, 3.05) is 19.8 Å². The molecule has 2 aromatic heterocycles. The molecule has 0 spiro atoms. The van der Waals surface area contributed by atoms with Gasteiger partial charge in [0, 0.05) is 25.0 Å². The third kappa shape index (κ3) is 4.89. The Morgan fingerprint density at radius 3 is 2.70 bits per heavy atom. The highest BCUT2D eigenvalue weighted by atomic mass is 16.7. The summed E-state index contributed by atoms with van der Waals surface area (Å²) in [7, 11) is 0. The average molecular weight is 445 g/mol.